The van der Waals surface area contributed by atoms with Crippen LogP contribution >= 0.6 is 0 Å². The second-order valence-electron chi connectivity index (χ2n) is 5.82. The van der Waals surface area contributed by atoms with E-state index in [0.29, 0.717) is 0 Å². The fourth-order valence-corrected chi connectivity index (χ4v) is 5.18. The van der Waals surface area contributed by atoms with E-state index in [1.807, 2.05) is 0 Å². The normalized spacial score (nSPS) is 66.0. The standard InChI is InChI=1S/C12H18/c1-2-7-4-8-5-9-6-11(12(8)9)10(7)3-1/h7-12H,1-6H2. The van der Waals surface area contributed by atoms with Crippen molar-refractivity contribution in [2.45, 2.75) is 38.5 Å². The molecule has 6 atom stereocenters. The maximum absolute atomic E-state index is 1.64. The van der Waals surface area contributed by atoms with Crippen LogP contribution < -0.4 is 0 Å². The Morgan fingerprint density at radius 2 is 1.50 bits per heavy atom. The lowest BCUT2D eigenvalue weighted by Crippen LogP contribution is -2.58. The maximum atomic E-state index is 1.64. The quantitative estimate of drug-likeness (QED) is 0.513. The van der Waals surface area contributed by atoms with Crippen molar-refractivity contribution in [1.29, 1.82) is 0 Å². The van der Waals surface area contributed by atoms with E-state index in [1.165, 1.54) is 35.5 Å². The van der Waals surface area contributed by atoms with Gasteiger partial charge in [0.05, 0.1) is 0 Å². The largest absolute Gasteiger partial charge is 0.0527 e. The van der Waals surface area contributed by atoms with Gasteiger partial charge in [-0.2, -0.15) is 0 Å². The van der Waals surface area contributed by atoms with E-state index in [-0.39, 0.29) is 0 Å². The number of hydrogen-bond donors (Lipinski definition) is 0. The van der Waals surface area contributed by atoms with Gasteiger partial charge in [0.25, 0.3) is 0 Å². The van der Waals surface area contributed by atoms with Crippen LogP contribution in [0.4, 0.5) is 0 Å². The number of fused-ring (bicyclic) bond motifs is 2. The Kier molecular flexibility index (Phi) is 1.03. The van der Waals surface area contributed by atoms with Gasteiger partial charge in [0.2, 0.25) is 0 Å². The third-order valence-corrected chi connectivity index (χ3v) is 5.64. The highest BCUT2D eigenvalue weighted by atomic mass is 14.7. The third kappa shape index (κ3) is 0.561. The highest BCUT2D eigenvalue weighted by Crippen LogP contribution is 2.68. The van der Waals surface area contributed by atoms with Crippen molar-refractivity contribution in [2.24, 2.45) is 35.5 Å². The van der Waals surface area contributed by atoms with Crippen LogP contribution in [-0.2, 0) is 0 Å². The van der Waals surface area contributed by atoms with Crippen molar-refractivity contribution in [3.8, 4) is 0 Å². The molecule has 0 nitrogen and oxygen atoms in total. The van der Waals surface area contributed by atoms with Crippen LogP contribution in [0.3, 0.4) is 0 Å². The second kappa shape index (κ2) is 1.91. The lowest BCUT2D eigenvalue weighted by molar-refractivity contribution is -0.162. The molecule has 66 valence electrons. The molecule has 0 aliphatic heterocycles. The first-order valence-corrected chi connectivity index (χ1v) is 5.93. The Labute approximate surface area is 74.7 Å². The first kappa shape index (κ1) is 6.45. The lowest BCUT2D eigenvalue weighted by Gasteiger charge is -2.65. The highest BCUT2D eigenvalue weighted by Gasteiger charge is 2.60. The van der Waals surface area contributed by atoms with Gasteiger partial charge in [-0.25, -0.2) is 0 Å². The van der Waals surface area contributed by atoms with E-state index < -0.39 is 0 Å². The maximum Gasteiger partial charge on any atom is -0.0326 e. The Bertz CT molecular complexity index is 220. The van der Waals surface area contributed by atoms with E-state index in [4.69, 9.17) is 0 Å². The molecule has 4 rings (SSSR count). The van der Waals surface area contributed by atoms with Crippen LogP contribution in [0.25, 0.3) is 0 Å². The average Bonchev–Trinajstić information content (AvgIpc) is 2.40. The van der Waals surface area contributed by atoms with E-state index in [2.05, 4.69) is 0 Å². The summed E-state index contributed by atoms with van der Waals surface area (Å²) in [5.74, 6) is 7.33. The van der Waals surface area contributed by atoms with Gasteiger partial charge in [0, 0.05) is 0 Å². The predicted octanol–water partition coefficient (Wildman–Crippen LogP) is 3.08. The Morgan fingerprint density at radius 1 is 0.667 bits per heavy atom. The zero-order chi connectivity index (χ0) is 7.71. The Hall–Kier alpha value is 0. The van der Waals surface area contributed by atoms with Crippen LogP contribution in [0.2, 0.25) is 0 Å². The first-order chi connectivity index (χ1) is 5.93. The minimum atomic E-state index is 1.19. The van der Waals surface area contributed by atoms with Gasteiger partial charge in [-0.15, -0.1) is 0 Å². The molecule has 4 fully saturated rings. The zero-order valence-corrected chi connectivity index (χ0v) is 7.71. The molecule has 0 heterocycles. The van der Waals surface area contributed by atoms with Crippen LogP contribution in [0.5, 0.6) is 0 Å². The lowest BCUT2D eigenvalue weighted by atomic mass is 9.40. The molecule has 4 saturated carbocycles. The molecule has 4 aliphatic carbocycles. The molecule has 0 N–H and O–H groups in total. The monoisotopic (exact) mass is 162 g/mol. The van der Waals surface area contributed by atoms with Crippen molar-refractivity contribution in [2.75, 3.05) is 0 Å². The zero-order valence-electron chi connectivity index (χ0n) is 7.71. The van der Waals surface area contributed by atoms with Crippen LogP contribution in [0.1, 0.15) is 38.5 Å². The second-order valence-corrected chi connectivity index (χ2v) is 5.82. The highest BCUT2D eigenvalue weighted by molar-refractivity contribution is 5.09. The molecule has 0 spiro atoms. The minimum Gasteiger partial charge on any atom is -0.0527 e. The molecule has 0 bridgehead atoms. The molecular weight excluding hydrogens is 144 g/mol. The summed E-state index contributed by atoms with van der Waals surface area (Å²) in [5.41, 5.74) is 0. The van der Waals surface area contributed by atoms with E-state index >= 15 is 0 Å². The van der Waals surface area contributed by atoms with Gasteiger partial charge >= 0.3 is 0 Å². The summed E-state index contributed by atoms with van der Waals surface area (Å²) in [6.45, 7) is 0. The molecule has 0 heteroatoms. The molecule has 4 aliphatic rings. The summed E-state index contributed by atoms with van der Waals surface area (Å²) in [6.07, 6.45) is 9.67. The van der Waals surface area contributed by atoms with Gasteiger partial charge in [-0.05, 0) is 61.2 Å². The van der Waals surface area contributed by atoms with Gasteiger partial charge in [0.1, 0.15) is 0 Å². The van der Waals surface area contributed by atoms with E-state index in [9.17, 15) is 0 Å². The van der Waals surface area contributed by atoms with Gasteiger partial charge < -0.3 is 0 Å². The van der Waals surface area contributed by atoms with Crippen molar-refractivity contribution in [3.05, 3.63) is 0 Å². The fraction of sp³-hybridized carbons (Fsp3) is 1.00. The topological polar surface area (TPSA) is 0 Å². The average molecular weight is 162 g/mol. The molecule has 0 aromatic heterocycles. The Morgan fingerprint density at radius 3 is 2.42 bits per heavy atom. The summed E-state index contributed by atoms with van der Waals surface area (Å²) in [4.78, 5) is 0. The summed E-state index contributed by atoms with van der Waals surface area (Å²) in [6, 6.07) is 0. The van der Waals surface area contributed by atoms with E-state index in [1.54, 1.807) is 38.5 Å². The van der Waals surface area contributed by atoms with Crippen LogP contribution in [-0.4, -0.2) is 0 Å². The summed E-state index contributed by atoms with van der Waals surface area (Å²) < 4.78 is 0. The molecule has 12 heavy (non-hydrogen) atoms. The van der Waals surface area contributed by atoms with Gasteiger partial charge in [0.15, 0.2) is 0 Å². The van der Waals surface area contributed by atoms with Crippen LogP contribution in [0.15, 0.2) is 0 Å². The van der Waals surface area contributed by atoms with E-state index in [0.717, 1.165) is 0 Å². The van der Waals surface area contributed by atoms with Gasteiger partial charge in [-0.1, -0.05) is 12.8 Å². The fourth-order valence-electron chi connectivity index (χ4n) is 5.18. The SMILES string of the molecule is C1CC2CC3CC4CC(C2C1)C34. The minimum absolute atomic E-state index is 1.19. The molecular formula is C12H18. The van der Waals surface area contributed by atoms with Crippen molar-refractivity contribution >= 4 is 0 Å². The first-order valence-electron chi connectivity index (χ1n) is 5.93. The molecule has 0 aromatic rings. The summed E-state index contributed by atoms with van der Waals surface area (Å²) in [5, 5.41) is 0. The Balaban J connectivity index is 1.67. The smallest absolute Gasteiger partial charge is 0.0326 e. The predicted molar refractivity (Wildman–Crippen MR) is 48.6 cm³/mol. The van der Waals surface area contributed by atoms with Crippen molar-refractivity contribution in [1.82, 2.24) is 0 Å². The van der Waals surface area contributed by atoms with Crippen molar-refractivity contribution in [3.63, 3.8) is 0 Å². The summed E-state index contributed by atoms with van der Waals surface area (Å²) in [7, 11) is 0. The molecule has 0 aromatic carbocycles. The molecule has 0 amide bonds. The third-order valence-electron chi connectivity index (χ3n) is 5.64. The summed E-state index contributed by atoms with van der Waals surface area (Å²) >= 11 is 0. The molecule has 0 radical (unpaired) electrons. The number of hydrogen-bond acceptors (Lipinski definition) is 0. The van der Waals surface area contributed by atoms with Crippen molar-refractivity contribution < 1.29 is 0 Å². The molecule has 6 unspecified atom stereocenters. The van der Waals surface area contributed by atoms with Crippen LogP contribution in [0, 0.1) is 35.5 Å². The molecule has 0 saturated heterocycles. The van der Waals surface area contributed by atoms with Gasteiger partial charge in [-0.3, -0.25) is 0 Å². The number of rotatable bonds is 0.